The largest absolute Gasteiger partial charge is 0.317 e. The van der Waals surface area contributed by atoms with E-state index in [0.717, 1.165) is 6.04 Å². The Morgan fingerprint density at radius 2 is 1.47 bits per heavy atom. The van der Waals surface area contributed by atoms with Crippen LogP contribution in [0.2, 0.25) is 0 Å². The number of rotatable bonds is 5. The summed E-state index contributed by atoms with van der Waals surface area (Å²) in [5.41, 5.74) is 0. The van der Waals surface area contributed by atoms with Gasteiger partial charge < -0.3 is 10.2 Å². The van der Waals surface area contributed by atoms with E-state index in [1.54, 1.807) is 0 Å². The van der Waals surface area contributed by atoms with Gasteiger partial charge >= 0.3 is 0 Å². The Morgan fingerprint density at radius 1 is 1.00 bits per heavy atom. The number of nitrogens with zero attached hydrogens (tertiary/aromatic N) is 1. The minimum atomic E-state index is 0.862. The molecule has 0 aromatic heterocycles. The molecule has 0 amide bonds. The average Bonchev–Trinajstić information content (AvgIpc) is 2.33. The van der Waals surface area contributed by atoms with Crippen LogP contribution in [-0.2, 0) is 0 Å². The van der Waals surface area contributed by atoms with Crippen molar-refractivity contribution in [2.45, 2.75) is 59.4 Å². The van der Waals surface area contributed by atoms with Gasteiger partial charge in [0.15, 0.2) is 0 Å². The third kappa shape index (κ3) is 6.16. The maximum absolute atomic E-state index is 3.43. The standard InChI is InChI=1S/C11H24N2.C2H6/c1-3-9-13(10-4-2)11-5-7-12-8-6-11;1-2/h11-12H,3-10H2,1-2H3;1-2H3. The molecular weight excluding hydrogens is 184 g/mol. The van der Waals surface area contributed by atoms with Crippen molar-refractivity contribution < 1.29 is 0 Å². The zero-order valence-electron chi connectivity index (χ0n) is 11.2. The van der Waals surface area contributed by atoms with Crippen molar-refractivity contribution in [1.82, 2.24) is 10.2 Å². The predicted molar refractivity (Wildman–Crippen MR) is 69.4 cm³/mol. The molecule has 2 nitrogen and oxygen atoms in total. The van der Waals surface area contributed by atoms with Crippen molar-refractivity contribution >= 4 is 0 Å². The van der Waals surface area contributed by atoms with E-state index in [9.17, 15) is 0 Å². The van der Waals surface area contributed by atoms with Crippen LogP contribution in [0, 0.1) is 0 Å². The Kier molecular flexibility index (Phi) is 10.4. The Morgan fingerprint density at radius 3 is 1.87 bits per heavy atom. The van der Waals surface area contributed by atoms with Crippen molar-refractivity contribution in [3.8, 4) is 0 Å². The summed E-state index contributed by atoms with van der Waals surface area (Å²) in [5.74, 6) is 0. The molecule has 1 N–H and O–H groups in total. The van der Waals surface area contributed by atoms with Crippen molar-refractivity contribution in [2.24, 2.45) is 0 Å². The van der Waals surface area contributed by atoms with E-state index < -0.39 is 0 Å². The maximum atomic E-state index is 3.43. The Balaban J connectivity index is 0.000000921. The number of hydrogen-bond donors (Lipinski definition) is 1. The van der Waals surface area contributed by atoms with Gasteiger partial charge in [-0.1, -0.05) is 27.7 Å². The molecule has 1 heterocycles. The average molecular weight is 214 g/mol. The molecule has 1 aliphatic heterocycles. The van der Waals surface area contributed by atoms with Crippen LogP contribution in [0.15, 0.2) is 0 Å². The normalized spacial score (nSPS) is 17.4. The highest BCUT2D eigenvalue weighted by Crippen LogP contribution is 2.12. The smallest absolute Gasteiger partial charge is 0.0119 e. The second-order valence-electron chi connectivity index (χ2n) is 4.02. The summed E-state index contributed by atoms with van der Waals surface area (Å²) in [4.78, 5) is 2.68. The van der Waals surface area contributed by atoms with E-state index in [-0.39, 0.29) is 0 Å². The molecule has 15 heavy (non-hydrogen) atoms. The quantitative estimate of drug-likeness (QED) is 0.757. The fraction of sp³-hybridized carbons (Fsp3) is 1.00. The first-order valence-electron chi connectivity index (χ1n) is 6.83. The summed E-state index contributed by atoms with van der Waals surface area (Å²) >= 11 is 0. The minimum absolute atomic E-state index is 0.862. The SMILES string of the molecule is CC.CCCN(CCC)C1CCNCC1. The molecule has 1 saturated heterocycles. The molecule has 0 unspecified atom stereocenters. The first kappa shape index (κ1) is 14.9. The van der Waals surface area contributed by atoms with Gasteiger partial charge in [-0.2, -0.15) is 0 Å². The van der Waals surface area contributed by atoms with Crippen molar-refractivity contribution in [3.63, 3.8) is 0 Å². The second kappa shape index (κ2) is 10.4. The van der Waals surface area contributed by atoms with Gasteiger partial charge in [-0.05, 0) is 51.9 Å². The van der Waals surface area contributed by atoms with Crippen LogP contribution in [0.3, 0.4) is 0 Å². The van der Waals surface area contributed by atoms with E-state index in [1.807, 2.05) is 13.8 Å². The molecule has 0 aromatic carbocycles. The van der Waals surface area contributed by atoms with Gasteiger partial charge in [-0.25, -0.2) is 0 Å². The van der Waals surface area contributed by atoms with Crippen LogP contribution in [0.1, 0.15) is 53.4 Å². The molecule has 0 spiro atoms. The van der Waals surface area contributed by atoms with Crippen LogP contribution in [0.25, 0.3) is 0 Å². The van der Waals surface area contributed by atoms with Gasteiger partial charge in [0.1, 0.15) is 0 Å². The van der Waals surface area contributed by atoms with Gasteiger partial charge in [0, 0.05) is 6.04 Å². The number of piperidine rings is 1. The number of hydrogen-bond acceptors (Lipinski definition) is 2. The van der Waals surface area contributed by atoms with Crippen molar-refractivity contribution in [1.29, 1.82) is 0 Å². The summed E-state index contributed by atoms with van der Waals surface area (Å²) in [6, 6.07) is 0.862. The lowest BCUT2D eigenvalue weighted by molar-refractivity contribution is 0.162. The minimum Gasteiger partial charge on any atom is -0.317 e. The fourth-order valence-electron chi connectivity index (χ4n) is 2.22. The van der Waals surface area contributed by atoms with Crippen LogP contribution >= 0.6 is 0 Å². The summed E-state index contributed by atoms with van der Waals surface area (Å²) in [6.45, 7) is 13.6. The zero-order valence-corrected chi connectivity index (χ0v) is 11.2. The lowest BCUT2D eigenvalue weighted by Crippen LogP contribution is -2.43. The first-order chi connectivity index (χ1) is 7.38. The molecule has 0 saturated carbocycles. The summed E-state index contributed by atoms with van der Waals surface area (Å²) < 4.78 is 0. The second-order valence-corrected chi connectivity index (χ2v) is 4.02. The van der Waals surface area contributed by atoms with Crippen molar-refractivity contribution in [3.05, 3.63) is 0 Å². The Labute approximate surface area is 96.4 Å². The van der Waals surface area contributed by atoms with E-state index in [2.05, 4.69) is 24.1 Å². The topological polar surface area (TPSA) is 15.3 Å². The van der Waals surface area contributed by atoms with E-state index >= 15 is 0 Å². The molecule has 0 bridgehead atoms. The Bertz CT molecular complexity index is 114. The molecule has 92 valence electrons. The highest BCUT2D eigenvalue weighted by molar-refractivity contribution is 4.77. The van der Waals surface area contributed by atoms with Gasteiger partial charge in [-0.3, -0.25) is 0 Å². The summed E-state index contributed by atoms with van der Waals surface area (Å²) in [6.07, 6.45) is 5.29. The molecular formula is C13H30N2. The highest BCUT2D eigenvalue weighted by atomic mass is 15.2. The van der Waals surface area contributed by atoms with Gasteiger partial charge in [0.2, 0.25) is 0 Å². The van der Waals surface area contributed by atoms with Crippen LogP contribution in [-0.4, -0.2) is 37.1 Å². The van der Waals surface area contributed by atoms with E-state index in [1.165, 1.54) is 51.9 Å². The van der Waals surface area contributed by atoms with E-state index in [0.29, 0.717) is 0 Å². The van der Waals surface area contributed by atoms with Crippen LogP contribution in [0.5, 0.6) is 0 Å². The maximum Gasteiger partial charge on any atom is 0.0119 e. The lowest BCUT2D eigenvalue weighted by atomic mass is 10.0. The summed E-state index contributed by atoms with van der Waals surface area (Å²) in [7, 11) is 0. The van der Waals surface area contributed by atoms with Crippen molar-refractivity contribution in [2.75, 3.05) is 26.2 Å². The zero-order chi connectivity index (χ0) is 11.5. The first-order valence-corrected chi connectivity index (χ1v) is 6.83. The monoisotopic (exact) mass is 214 g/mol. The molecule has 0 aliphatic carbocycles. The highest BCUT2D eigenvalue weighted by Gasteiger charge is 2.18. The molecule has 1 fully saturated rings. The third-order valence-electron chi connectivity index (χ3n) is 2.85. The van der Waals surface area contributed by atoms with Gasteiger partial charge in [0.25, 0.3) is 0 Å². The molecule has 1 aliphatic rings. The van der Waals surface area contributed by atoms with Crippen LogP contribution < -0.4 is 5.32 Å². The fourth-order valence-corrected chi connectivity index (χ4v) is 2.22. The van der Waals surface area contributed by atoms with Gasteiger partial charge in [-0.15, -0.1) is 0 Å². The van der Waals surface area contributed by atoms with E-state index in [4.69, 9.17) is 0 Å². The number of nitrogens with one attached hydrogen (secondary N) is 1. The lowest BCUT2D eigenvalue weighted by Gasteiger charge is -2.34. The molecule has 2 heteroatoms. The Hall–Kier alpha value is -0.0800. The van der Waals surface area contributed by atoms with Gasteiger partial charge in [0.05, 0.1) is 0 Å². The predicted octanol–water partition coefficient (Wildman–Crippen LogP) is 2.89. The molecule has 1 rings (SSSR count). The molecule has 0 radical (unpaired) electrons. The van der Waals surface area contributed by atoms with Crippen LogP contribution in [0.4, 0.5) is 0 Å². The molecule has 0 atom stereocenters. The molecule has 0 aromatic rings. The summed E-state index contributed by atoms with van der Waals surface area (Å²) in [5, 5.41) is 3.43. The third-order valence-corrected chi connectivity index (χ3v) is 2.85.